The standard InChI is InChI=1S/C5H8N2O4/c6-3-5(9)10-1-2-11-7-4-8/h1-2,4H,3,6H2,(H,7,8)/b2-1+. The summed E-state index contributed by atoms with van der Waals surface area (Å²) < 4.78 is 4.31. The number of hydroxylamine groups is 1. The Hall–Kier alpha value is -1.56. The summed E-state index contributed by atoms with van der Waals surface area (Å²) in [6.07, 6.45) is 2.28. The highest BCUT2D eigenvalue weighted by Crippen LogP contribution is 1.77. The predicted molar refractivity (Wildman–Crippen MR) is 34.6 cm³/mol. The van der Waals surface area contributed by atoms with E-state index in [9.17, 15) is 9.59 Å². The Labute approximate surface area is 62.9 Å². The monoisotopic (exact) mass is 160 g/mol. The van der Waals surface area contributed by atoms with E-state index in [1.54, 1.807) is 0 Å². The van der Waals surface area contributed by atoms with Crippen molar-refractivity contribution < 1.29 is 19.2 Å². The number of hydrogen-bond donors (Lipinski definition) is 2. The van der Waals surface area contributed by atoms with Crippen molar-refractivity contribution in [1.29, 1.82) is 0 Å². The lowest BCUT2D eigenvalue weighted by molar-refractivity contribution is -0.136. The highest BCUT2D eigenvalue weighted by atomic mass is 16.6. The maximum absolute atomic E-state index is 10.3. The molecule has 0 heterocycles. The Bertz CT molecular complexity index is 157. The number of nitrogens with one attached hydrogen (secondary N) is 1. The zero-order valence-corrected chi connectivity index (χ0v) is 5.65. The first-order valence-electron chi connectivity index (χ1n) is 2.70. The average Bonchev–Trinajstić information content (AvgIpc) is 2.04. The third-order valence-electron chi connectivity index (χ3n) is 0.606. The van der Waals surface area contributed by atoms with Crippen LogP contribution in [-0.4, -0.2) is 18.9 Å². The molecular weight excluding hydrogens is 152 g/mol. The molecule has 0 aliphatic heterocycles. The number of nitrogens with two attached hydrogens (primary N) is 1. The third-order valence-corrected chi connectivity index (χ3v) is 0.606. The summed E-state index contributed by atoms with van der Waals surface area (Å²) in [6, 6.07) is 0. The van der Waals surface area contributed by atoms with E-state index in [2.05, 4.69) is 9.57 Å². The molecule has 0 saturated heterocycles. The molecule has 11 heavy (non-hydrogen) atoms. The van der Waals surface area contributed by atoms with E-state index >= 15 is 0 Å². The minimum absolute atomic E-state index is 0.203. The van der Waals surface area contributed by atoms with Crippen LogP contribution in [-0.2, 0) is 19.2 Å². The summed E-state index contributed by atoms with van der Waals surface area (Å²) in [5, 5.41) is 0. The van der Waals surface area contributed by atoms with Gasteiger partial charge < -0.3 is 15.3 Å². The quantitative estimate of drug-likeness (QED) is 0.170. The largest absolute Gasteiger partial charge is 0.430 e. The summed E-state index contributed by atoms with van der Waals surface area (Å²) in [4.78, 5) is 24.1. The molecular formula is C5H8N2O4. The van der Waals surface area contributed by atoms with Crippen LogP contribution >= 0.6 is 0 Å². The van der Waals surface area contributed by atoms with Gasteiger partial charge in [-0.15, -0.1) is 0 Å². The van der Waals surface area contributed by atoms with E-state index in [-0.39, 0.29) is 6.54 Å². The van der Waals surface area contributed by atoms with Gasteiger partial charge in [0, 0.05) is 0 Å². The molecule has 0 aliphatic rings. The number of ether oxygens (including phenoxy) is 1. The first-order valence-corrected chi connectivity index (χ1v) is 2.70. The molecule has 0 aromatic rings. The van der Waals surface area contributed by atoms with Crippen molar-refractivity contribution in [3.63, 3.8) is 0 Å². The number of rotatable bonds is 5. The highest BCUT2D eigenvalue weighted by Gasteiger charge is 1.92. The number of amides is 1. The number of carbonyl (C=O) groups is 2. The van der Waals surface area contributed by atoms with Gasteiger partial charge in [-0.25, -0.2) is 0 Å². The van der Waals surface area contributed by atoms with Gasteiger partial charge in [0.2, 0.25) is 6.41 Å². The molecule has 0 spiro atoms. The molecule has 0 rings (SSSR count). The fourth-order valence-corrected chi connectivity index (χ4v) is 0.247. The van der Waals surface area contributed by atoms with Gasteiger partial charge >= 0.3 is 5.97 Å². The highest BCUT2D eigenvalue weighted by molar-refractivity contribution is 5.71. The van der Waals surface area contributed by atoms with Crippen LogP contribution in [0.3, 0.4) is 0 Å². The molecule has 0 atom stereocenters. The Morgan fingerprint density at radius 2 is 2.27 bits per heavy atom. The van der Waals surface area contributed by atoms with Crippen molar-refractivity contribution >= 4 is 12.4 Å². The molecule has 0 fully saturated rings. The molecule has 0 aromatic heterocycles. The lowest BCUT2D eigenvalue weighted by Gasteiger charge is -1.94. The van der Waals surface area contributed by atoms with E-state index in [1.807, 2.05) is 5.48 Å². The van der Waals surface area contributed by atoms with Crippen molar-refractivity contribution in [2.24, 2.45) is 5.73 Å². The zero-order valence-electron chi connectivity index (χ0n) is 5.65. The smallest absolute Gasteiger partial charge is 0.324 e. The van der Waals surface area contributed by atoms with Crippen molar-refractivity contribution in [2.75, 3.05) is 6.54 Å². The van der Waals surface area contributed by atoms with Crippen molar-refractivity contribution in [2.45, 2.75) is 0 Å². The van der Waals surface area contributed by atoms with Gasteiger partial charge in [-0.05, 0) is 0 Å². The maximum Gasteiger partial charge on any atom is 0.324 e. The van der Waals surface area contributed by atoms with Gasteiger partial charge in [-0.1, -0.05) is 0 Å². The number of carbonyl (C=O) groups excluding carboxylic acids is 2. The SMILES string of the molecule is NCC(=O)O/C=C/ONC=O. The van der Waals surface area contributed by atoms with E-state index in [0.29, 0.717) is 6.41 Å². The Balaban J connectivity index is 3.29. The minimum Gasteiger partial charge on any atom is -0.430 e. The van der Waals surface area contributed by atoms with Crippen LogP contribution in [0.15, 0.2) is 12.5 Å². The van der Waals surface area contributed by atoms with Crippen molar-refractivity contribution in [3.05, 3.63) is 12.5 Å². The Morgan fingerprint density at radius 3 is 2.82 bits per heavy atom. The fourth-order valence-electron chi connectivity index (χ4n) is 0.247. The van der Waals surface area contributed by atoms with E-state index in [0.717, 1.165) is 12.5 Å². The summed E-state index contributed by atoms with van der Waals surface area (Å²) >= 11 is 0. The van der Waals surface area contributed by atoms with Crippen molar-refractivity contribution in [1.82, 2.24) is 5.48 Å². The Kier molecular flexibility index (Phi) is 5.63. The molecule has 0 aliphatic carbocycles. The summed E-state index contributed by atoms with van der Waals surface area (Å²) in [5.74, 6) is -0.587. The zero-order chi connectivity index (χ0) is 8.53. The van der Waals surface area contributed by atoms with Crippen LogP contribution in [0, 0.1) is 0 Å². The van der Waals surface area contributed by atoms with Crippen LogP contribution in [0.25, 0.3) is 0 Å². The number of hydrogen-bond acceptors (Lipinski definition) is 5. The third kappa shape index (κ3) is 6.32. The fraction of sp³-hybridized carbons (Fsp3) is 0.200. The van der Waals surface area contributed by atoms with Crippen LogP contribution in [0.1, 0.15) is 0 Å². The predicted octanol–water partition coefficient (Wildman–Crippen LogP) is -1.36. The van der Waals surface area contributed by atoms with Crippen molar-refractivity contribution in [3.8, 4) is 0 Å². The summed E-state index contributed by atoms with van der Waals surface area (Å²) in [7, 11) is 0. The molecule has 0 aromatic carbocycles. The summed E-state index contributed by atoms with van der Waals surface area (Å²) in [6.45, 7) is -0.203. The lowest BCUT2D eigenvalue weighted by Crippen LogP contribution is -2.14. The van der Waals surface area contributed by atoms with Gasteiger partial charge in [-0.2, -0.15) is 5.48 Å². The van der Waals surface area contributed by atoms with Gasteiger partial charge in [0.15, 0.2) is 6.26 Å². The molecule has 0 saturated carbocycles. The number of esters is 1. The van der Waals surface area contributed by atoms with Crippen LogP contribution in [0.2, 0.25) is 0 Å². The van der Waals surface area contributed by atoms with Gasteiger partial charge in [-0.3, -0.25) is 9.59 Å². The normalized spacial score (nSPS) is 9.18. The minimum atomic E-state index is -0.587. The average molecular weight is 160 g/mol. The molecule has 0 bridgehead atoms. The lowest BCUT2D eigenvalue weighted by atomic mass is 10.7. The molecule has 1 amide bonds. The topological polar surface area (TPSA) is 90.7 Å². The molecule has 3 N–H and O–H groups in total. The van der Waals surface area contributed by atoms with E-state index < -0.39 is 5.97 Å². The van der Waals surface area contributed by atoms with E-state index in [4.69, 9.17) is 5.73 Å². The molecule has 6 nitrogen and oxygen atoms in total. The van der Waals surface area contributed by atoms with Gasteiger partial charge in [0.1, 0.15) is 6.26 Å². The molecule has 6 heteroatoms. The second kappa shape index (κ2) is 6.56. The first-order chi connectivity index (χ1) is 5.31. The second-order valence-electron chi connectivity index (χ2n) is 1.32. The summed E-state index contributed by atoms with van der Waals surface area (Å²) in [5.41, 5.74) is 6.74. The second-order valence-corrected chi connectivity index (χ2v) is 1.32. The van der Waals surface area contributed by atoms with E-state index in [1.165, 1.54) is 0 Å². The van der Waals surface area contributed by atoms with Crippen LogP contribution < -0.4 is 11.2 Å². The maximum atomic E-state index is 10.3. The molecule has 0 unspecified atom stereocenters. The van der Waals surface area contributed by atoms with Gasteiger partial charge in [0.05, 0.1) is 6.54 Å². The first kappa shape index (κ1) is 9.44. The molecule has 0 radical (unpaired) electrons. The Morgan fingerprint density at radius 1 is 1.55 bits per heavy atom. The molecule has 62 valence electrons. The van der Waals surface area contributed by atoms with Crippen LogP contribution in [0.5, 0.6) is 0 Å². The van der Waals surface area contributed by atoms with Gasteiger partial charge in [0.25, 0.3) is 0 Å². The van der Waals surface area contributed by atoms with Crippen LogP contribution in [0.4, 0.5) is 0 Å².